The SMILES string of the molecule is Cc1cccc(COc2ccc(Br)cc2CNCC(O)c2ccccc2)c1. The summed E-state index contributed by atoms with van der Waals surface area (Å²) in [5, 5.41) is 13.6. The van der Waals surface area contributed by atoms with E-state index >= 15 is 0 Å². The Hall–Kier alpha value is -2.14. The minimum atomic E-state index is -0.532. The molecule has 3 aromatic rings. The summed E-state index contributed by atoms with van der Waals surface area (Å²) < 4.78 is 7.06. The zero-order chi connectivity index (χ0) is 19.1. The third kappa shape index (κ3) is 5.93. The van der Waals surface area contributed by atoms with Gasteiger partial charge in [0, 0.05) is 23.1 Å². The molecule has 2 N–H and O–H groups in total. The molecule has 0 bridgehead atoms. The first kappa shape index (κ1) is 19.6. The van der Waals surface area contributed by atoms with Gasteiger partial charge in [-0.2, -0.15) is 0 Å². The lowest BCUT2D eigenvalue weighted by molar-refractivity contribution is 0.174. The lowest BCUT2D eigenvalue weighted by Crippen LogP contribution is -2.21. The van der Waals surface area contributed by atoms with E-state index < -0.39 is 6.10 Å². The normalized spacial score (nSPS) is 12.0. The fourth-order valence-corrected chi connectivity index (χ4v) is 3.34. The summed E-state index contributed by atoms with van der Waals surface area (Å²) in [4.78, 5) is 0. The van der Waals surface area contributed by atoms with Gasteiger partial charge in [0.2, 0.25) is 0 Å². The molecule has 0 aliphatic rings. The predicted octanol–water partition coefficient (Wildman–Crippen LogP) is 5.16. The fourth-order valence-electron chi connectivity index (χ4n) is 2.93. The Labute approximate surface area is 169 Å². The number of aryl methyl sites for hydroxylation is 1. The van der Waals surface area contributed by atoms with Gasteiger partial charge in [0.1, 0.15) is 12.4 Å². The van der Waals surface area contributed by atoms with E-state index in [1.165, 1.54) is 5.56 Å². The monoisotopic (exact) mass is 425 g/mol. The van der Waals surface area contributed by atoms with Crippen molar-refractivity contribution in [3.05, 3.63) is 99.5 Å². The van der Waals surface area contributed by atoms with Gasteiger partial charge >= 0.3 is 0 Å². The molecule has 0 fully saturated rings. The highest BCUT2D eigenvalue weighted by Crippen LogP contribution is 2.24. The van der Waals surface area contributed by atoms with Crippen molar-refractivity contribution in [1.82, 2.24) is 5.32 Å². The predicted molar refractivity (Wildman–Crippen MR) is 113 cm³/mol. The lowest BCUT2D eigenvalue weighted by atomic mass is 10.1. The second kappa shape index (κ2) is 9.70. The van der Waals surface area contributed by atoms with Crippen molar-refractivity contribution in [2.75, 3.05) is 6.54 Å². The van der Waals surface area contributed by atoms with Crippen LogP contribution in [0, 0.1) is 6.92 Å². The maximum absolute atomic E-state index is 10.3. The van der Waals surface area contributed by atoms with Gasteiger partial charge in [0.25, 0.3) is 0 Å². The molecule has 0 aliphatic carbocycles. The van der Waals surface area contributed by atoms with Crippen LogP contribution >= 0.6 is 15.9 Å². The number of benzene rings is 3. The summed E-state index contributed by atoms with van der Waals surface area (Å²) in [6.07, 6.45) is -0.532. The molecule has 3 rings (SSSR count). The molecule has 0 amide bonds. The van der Waals surface area contributed by atoms with Crippen LogP contribution in [-0.4, -0.2) is 11.7 Å². The standard InChI is InChI=1S/C23H24BrNO2/c1-17-6-5-7-18(12-17)16-27-23-11-10-21(24)13-20(23)14-25-15-22(26)19-8-3-2-4-9-19/h2-13,22,25-26H,14-16H2,1H3. The quantitative estimate of drug-likeness (QED) is 0.523. The van der Waals surface area contributed by atoms with Crippen LogP contribution in [0.5, 0.6) is 5.75 Å². The molecule has 4 heteroatoms. The molecule has 1 atom stereocenters. The molecular weight excluding hydrogens is 402 g/mol. The van der Waals surface area contributed by atoms with E-state index in [2.05, 4.69) is 46.4 Å². The van der Waals surface area contributed by atoms with Crippen molar-refractivity contribution in [2.45, 2.75) is 26.2 Å². The number of halogens is 1. The molecule has 0 spiro atoms. The van der Waals surface area contributed by atoms with E-state index in [-0.39, 0.29) is 0 Å². The van der Waals surface area contributed by atoms with Crippen molar-refractivity contribution in [1.29, 1.82) is 0 Å². The Balaban J connectivity index is 1.60. The number of aliphatic hydroxyl groups is 1. The fraction of sp³-hybridized carbons (Fsp3) is 0.217. The molecule has 3 aromatic carbocycles. The Morgan fingerprint density at radius 1 is 1.00 bits per heavy atom. The molecule has 0 radical (unpaired) electrons. The second-order valence-corrected chi connectivity index (χ2v) is 7.50. The topological polar surface area (TPSA) is 41.5 Å². The number of aliphatic hydroxyl groups excluding tert-OH is 1. The summed E-state index contributed by atoms with van der Waals surface area (Å²) in [6, 6.07) is 24.0. The van der Waals surface area contributed by atoms with Crippen molar-refractivity contribution in [3.63, 3.8) is 0 Å². The average Bonchev–Trinajstić information content (AvgIpc) is 2.68. The summed E-state index contributed by atoms with van der Waals surface area (Å²) in [6.45, 7) is 3.71. The molecule has 0 aliphatic heterocycles. The smallest absolute Gasteiger partial charge is 0.124 e. The maximum Gasteiger partial charge on any atom is 0.124 e. The van der Waals surface area contributed by atoms with E-state index in [0.717, 1.165) is 26.9 Å². The van der Waals surface area contributed by atoms with Crippen LogP contribution in [0.15, 0.2) is 77.3 Å². The third-order valence-corrected chi connectivity index (χ3v) is 4.83. The molecule has 140 valence electrons. The van der Waals surface area contributed by atoms with Crippen LogP contribution in [0.2, 0.25) is 0 Å². The Morgan fingerprint density at radius 2 is 1.81 bits per heavy atom. The zero-order valence-electron chi connectivity index (χ0n) is 15.4. The third-order valence-electron chi connectivity index (χ3n) is 4.34. The van der Waals surface area contributed by atoms with E-state index in [4.69, 9.17) is 4.74 Å². The number of hydrogen-bond donors (Lipinski definition) is 2. The summed E-state index contributed by atoms with van der Waals surface area (Å²) in [5.74, 6) is 0.849. The van der Waals surface area contributed by atoms with E-state index in [1.54, 1.807) is 0 Å². The molecular formula is C23H24BrNO2. The second-order valence-electron chi connectivity index (χ2n) is 6.59. The molecule has 3 nitrogen and oxygen atoms in total. The molecule has 0 saturated carbocycles. The average molecular weight is 426 g/mol. The van der Waals surface area contributed by atoms with E-state index in [0.29, 0.717) is 19.7 Å². The van der Waals surface area contributed by atoms with Crippen LogP contribution in [0.3, 0.4) is 0 Å². The maximum atomic E-state index is 10.3. The molecule has 0 aromatic heterocycles. The molecule has 0 heterocycles. The van der Waals surface area contributed by atoms with Crippen molar-refractivity contribution >= 4 is 15.9 Å². The zero-order valence-corrected chi connectivity index (χ0v) is 16.9. The Kier molecular flexibility index (Phi) is 7.04. The van der Waals surface area contributed by atoms with Crippen LogP contribution in [0.25, 0.3) is 0 Å². The van der Waals surface area contributed by atoms with Crippen molar-refractivity contribution < 1.29 is 9.84 Å². The summed E-state index contributed by atoms with van der Waals surface area (Å²) in [7, 11) is 0. The first-order valence-electron chi connectivity index (χ1n) is 9.02. The van der Waals surface area contributed by atoms with Gasteiger partial charge in [0.15, 0.2) is 0 Å². The van der Waals surface area contributed by atoms with Crippen LogP contribution < -0.4 is 10.1 Å². The van der Waals surface area contributed by atoms with Gasteiger partial charge in [-0.05, 0) is 36.2 Å². The molecule has 0 saturated heterocycles. The van der Waals surface area contributed by atoms with Crippen molar-refractivity contribution in [3.8, 4) is 5.75 Å². The molecule has 27 heavy (non-hydrogen) atoms. The summed E-state index contributed by atoms with van der Waals surface area (Å²) in [5.41, 5.74) is 4.34. The first-order valence-corrected chi connectivity index (χ1v) is 9.81. The largest absolute Gasteiger partial charge is 0.489 e. The van der Waals surface area contributed by atoms with Crippen molar-refractivity contribution in [2.24, 2.45) is 0 Å². The number of rotatable bonds is 8. The van der Waals surface area contributed by atoms with Gasteiger partial charge in [0.05, 0.1) is 6.10 Å². The van der Waals surface area contributed by atoms with Crippen LogP contribution in [0.4, 0.5) is 0 Å². The van der Waals surface area contributed by atoms with Gasteiger partial charge in [-0.25, -0.2) is 0 Å². The Bertz CT molecular complexity index is 867. The Morgan fingerprint density at radius 3 is 2.59 bits per heavy atom. The lowest BCUT2D eigenvalue weighted by Gasteiger charge is -2.15. The number of ether oxygens (including phenoxy) is 1. The van der Waals surface area contributed by atoms with Gasteiger partial charge in [-0.15, -0.1) is 0 Å². The van der Waals surface area contributed by atoms with E-state index in [9.17, 15) is 5.11 Å². The number of nitrogens with one attached hydrogen (secondary N) is 1. The summed E-state index contributed by atoms with van der Waals surface area (Å²) >= 11 is 3.53. The highest BCUT2D eigenvalue weighted by Gasteiger charge is 2.09. The van der Waals surface area contributed by atoms with Gasteiger partial charge < -0.3 is 15.2 Å². The minimum absolute atomic E-state index is 0.480. The van der Waals surface area contributed by atoms with Gasteiger partial charge in [-0.1, -0.05) is 76.1 Å². The van der Waals surface area contributed by atoms with Crippen LogP contribution in [-0.2, 0) is 13.2 Å². The first-order chi connectivity index (χ1) is 13.1. The van der Waals surface area contributed by atoms with Gasteiger partial charge in [-0.3, -0.25) is 0 Å². The van der Waals surface area contributed by atoms with E-state index in [1.807, 2.05) is 54.6 Å². The highest BCUT2D eigenvalue weighted by molar-refractivity contribution is 9.10. The minimum Gasteiger partial charge on any atom is -0.489 e. The molecule has 1 unspecified atom stereocenters. The highest BCUT2D eigenvalue weighted by atomic mass is 79.9. The number of hydrogen-bond acceptors (Lipinski definition) is 3. The van der Waals surface area contributed by atoms with Crippen LogP contribution in [0.1, 0.15) is 28.4 Å².